The summed E-state index contributed by atoms with van der Waals surface area (Å²) in [5.74, 6) is 0.544. The maximum absolute atomic E-state index is 12.7. The number of ether oxygens (including phenoxy) is 2. The second-order valence-corrected chi connectivity index (χ2v) is 8.20. The minimum atomic E-state index is -0.394. The van der Waals surface area contributed by atoms with Gasteiger partial charge in [-0.1, -0.05) is 0 Å². The fourth-order valence-corrected chi connectivity index (χ4v) is 3.35. The molecule has 4 heterocycles. The first kappa shape index (κ1) is 23.2. The number of likely N-dealkylation sites (N-methyl/N-ethyl adjacent to an activating group) is 1. The fraction of sp³-hybridized carbons (Fsp3) is 0.348. The highest BCUT2D eigenvalue weighted by Gasteiger charge is 2.21. The van der Waals surface area contributed by atoms with Crippen molar-refractivity contribution in [1.29, 1.82) is 0 Å². The molecule has 0 saturated carbocycles. The lowest BCUT2D eigenvalue weighted by atomic mass is 10.2. The molecule has 4 rings (SSSR count). The second-order valence-electron chi connectivity index (χ2n) is 8.20. The van der Waals surface area contributed by atoms with E-state index in [9.17, 15) is 9.59 Å². The number of piperazine rings is 1. The molecule has 1 aliphatic rings. The van der Waals surface area contributed by atoms with Crippen molar-refractivity contribution in [3.05, 3.63) is 53.9 Å². The fourth-order valence-electron chi connectivity index (χ4n) is 3.35. The van der Waals surface area contributed by atoms with Crippen LogP contribution < -0.4 is 14.8 Å². The van der Waals surface area contributed by atoms with Crippen molar-refractivity contribution < 1.29 is 19.1 Å². The van der Waals surface area contributed by atoms with Gasteiger partial charge in [0.15, 0.2) is 5.82 Å². The summed E-state index contributed by atoms with van der Waals surface area (Å²) in [4.78, 5) is 38.0. The highest BCUT2D eigenvalue weighted by molar-refractivity contribution is 6.04. The van der Waals surface area contributed by atoms with Crippen molar-refractivity contribution in [3.63, 3.8) is 0 Å². The van der Waals surface area contributed by atoms with Gasteiger partial charge in [-0.2, -0.15) is 10.1 Å². The van der Waals surface area contributed by atoms with Crippen LogP contribution in [0.3, 0.4) is 0 Å². The van der Waals surface area contributed by atoms with Crippen molar-refractivity contribution in [2.24, 2.45) is 0 Å². The molecule has 0 radical (unpaired) electrons. The number of rotatable bonds is 7. The molecule has 0 bridgehead atoms. The van der Waals surface area contributed by atoms with Gasteiger partial charge in [-0.3, -0.25) is 14.7 Å². The molecule has 2 N–H and O–H groups in total. The zero-order valence-electron chi connectivity index (χ0n) is 19.3. The van der Waals surface area contributed by atoms with Gasteiger partial charge in [-0.05, 0) is 27.0 Å². The highest BCUT2D eigenvalue weighted by atomic mass is 16.5. The van der Waals surface area contributed by atoms with Gasteiger partial charge in [0, 0.05) is 62.8 Å². The van der Waals surface area contributed by atoms with Gasteiger partial charge in [-0.15, -0.1) is 0 Å². The van der Waals surface area contributed by atoms with Crippen molar-refractivity contribution in [2.45, 2.75) is 20.0 Å². The van der Waals surface area contributed by atoms with Crippen LogP contribution in [-0.2, 0) is 0 Å². The van der Waals surface area contributed by atoms with Crippen LogP contribution >= 0.6 is 0 Å². The summed E-state index contributed by atoms with van der Waals surface area (Å²) in [6.07, 6.45) is 2.94. The highest BCUT2D eigenvalue weighted by Crippen LogP contribution is 2.24. The summed E-state index contributed by atoms with van der Waals surface area (Å²) >= 11 is 0. The number of hydrogen-bond acceptors (Lipinski definition) is 8. The van der Waals surface area contributed by atoms with Crippen LogP contribution in [0.5, 0.6) is 17.6 Å². The van der Waals surface area contributed by atoms with Crippen molar-refractivity contribution in [2.75, 3.05) is 38.5 Å². The van der Waals surface area contributed by atoms with E-state index in [2.05, 4.69) is 30.4 Å². The maximum Gasteiger partial charge on any atom is 0.257 e. The summed E-state index contributed by atoms with van der Waals surface area (Å²) in [5.41, 5.74) is 0.770. The number of aromatic amines is 1. The first-order valence-corrected chi connectivity index (χ1v) is 11.0. The molecule has 2 amide bonds. The lowest BCUT2D eigenvalue weighted by Crippen LogP contribution is -2.47. The summed E-state index contributed by atoms with van der Waals surface area (Å²) in [5, 5.41) is 9.25. The monoisotopic (exact) mass is 465 g/mol. The van der Waals surface area contributed by atoms with E-state index in [1.54, 1.807) is 24.4 Å². The predicted molar refractivity (Wildman–Crippen MR) is 124 cm³/mol. The lowest BCUT2D eigenvalue weighted by molar-refractivity contribution is 0.0663. The SMILES string of the molecule is CC(C)Oc1cc(C(=O)Nc2cc[nH]n2)cc(Oc2ccc(C(=O)N3CCN(C)CC3)cn2)n1. The second kappa shape index (κ2) is 10.3. The molecule has 1 saturated heterocycles. The molecule has 34 heavy (non-hydrogen) atoms. The largest absolute Gasteiger partial charge is 0.475 e. The molecule has 0 spiro atoms. The van der Waals surface area contributed by atoms with Crippen LogP contribution in [-0.4, -0.2) is 81.1 Å². The Kier molecular flexibility index (Phi) is 7.02. The van der Waals surface area contributed by atoms with Crippen molar-refractivity contribution >= 4 is 17.6 Å². The zero-order valence-corrected chi connectivity index (χ0v) is 19.3. The molecular formula is C23H27N7O4. The predicted octanol–water partition coefficient (Wildman–Crippen LogP) is 2.42. The average molecular weight is 466 g/mol. The van der Waals surface area contributed by atoms with Gasteiger partial charge in [0.05, 0.1) is 17.2 Å². The number of anilines is 1. The Balaban J connectivity index is 1.49. The Labute approximate surface area is 197 Å². The Morgan fingerprint density at radius 2 is 1.79 bits per heavy atom. The first-order valence-electron chi connectivity index (χ1n) is 11.0. The van der Waals surface area contributed by atoms with Crippen LogP contribution in [0.2, 0.25) is 0 Å². The van der Waals surface area contributed by atoms with Gasteiger partial charge >= 0.3 is 0 Å². The molecule has 0 atom stereocenters. The smallest absolute Gasteiger partial charge is 0.257 e. The van der Waals surface area contributed by atoms with Crippen LogP contribution in [0.4, 0.5) is 5.82 Å². The number of carbonyl (C=O) groups is 2. The molecule has 3 aromatic heterocycles. The Bertz CT molecular complexity index is 1120. The third kappa shape index (κ3) is 5.87. The Morgan fingerprint density at radius 3 is 2.44 bits per heavy atom. The van der Waals surface area contributed by atoms with Crippen LogP contribution in [0.1, 0.15) is 34.6 Å². The van der Waals surface area contributed by atoms with Gasteiger partial charge in [0.1, 0.15) is 0 Å². The van der Waals surface area contributed by atoms with E-state index in [0.717, 1.165) is 13.1 Å². The molecule has 0 aromatic carbocycles. The number of nitrogens with zero attached hydrogens (tertiary/aromatic N) is 5. The Morgan fingerprint density at radius 1 is 1.03 bits per heavy atom. The number of carbonyl (C=O) groups excluding carboxylic acids is 2. The number of pyridine rings is 2. The summed E-state index contributed by atoms with van der Waals surface area (Å²) in [6.45, 7) is 6.77. The van der Waals surface area contributed by atoms with Crippen molar-refractivity contribution in [3.8, 4) is 17.6 Å². The summed E-state index contributed by atoms with van der Waals surface area (Å²) in [6, 6.07) is 7.92. The molecule has 11 heteroatoms. The van der Waals surface area contributed by atoms with E-state index >= 15 is 0 Å². The van der Waals surface area contributed by atoms with E-state index in [1.807, 2.05) is 25.8 Å². The molecule has 11 nitrogen and oxygen atoms in total. The van der Waals surface area contributed by atoms with Gasteiger partial charge < -0.3 is 24.6 Å². The van der Waals surface area contributed by atoms with E-state index in [0.29, 0.717) is 24.5 Å². The van der Waals surface area contributed by atoms with Gasteiger partial charge in [-0.25, -0.2) is 4.98 Å². The quantitative estimate of drug-likeness (QED) is 0.545. The van der Waals surface area contributed by atoms with E-state index in [4.69, 9.17) is 9.47 Å². The van der Waals surface area contributed by atoms with Crippen LogP contribution in [0.15, 0.2) is 42.7 Å². The summed E-state index contributed by atoms with van der Waals surface area (Å²) < 4.78 is 11.5. The molecule has 1 aliphatic heterocycles. The van der Waals surface area contributed by atoms with Crippen LogP contribution in [0.25, 0.3) is 0 Å². The first-order chi connectivity index (χ1) is 16.4. The number of H-pyrrole nitrogens is 1. The molecule has 3 aromatic rings. The molecule has 0 aliphatic carbocycles. The van der Waals surface area contributed by atoms with E-state index in [-0.39, 0.29) is 35.2 Å². The third-order valence-corrected chi connectivity index (χ3v) is 5.12. The number of hydrogen-bond donors (Lipinski definition) is 2. The minimum Gasteiger partial charge on any atom is -0.475 e. The van der Waals surface area contributed by atoms with Crippen molar-refractivity contribution in [1.82, 2.24) is 30.0 Å². The normalized spacial score (nSPS) is 14.2. The van der Waals surface area contributed by atoms with Gasteiger partial charge in [0.25, 0.3) is 11.8 Å². The standard InChI is InChI=1S/C23H27N7O4/c1-15(2)33-20-12-17(22(31)26-18-6-7-25-28-18)13-21(27-20)34-19-5-4-16(14-24-19)23(32)30-10-8-29(3)9-11-30/h4-7,12-15H,8-11H2,1-3H3,(H2,25,26,28,31). The Hall–Kier alpha value is -3.99. The average Bonchev–Trinajstić information content (AvgIpc) is 3.32. The molecular weight excluding hydrogens is 438 g/mol. The van der Waals surface area contributed by atoms with Crippen LogP contribution in [0, 0.1) is 0 Å². The number of amides is 2. The maximum atomic E-state index is 12.7. The topological polar surface area (TPSA) is 126 Å². The summed E-state index contributed by atoms with van der Waals surface area (Å²) in [7, 11) is 2.04. The minimum absolute atomic E-state index is 0.0603. The van der Waals surface area contributed by atoms with Gasteiger partial charge in [0.2, 0.25) is 17.6 Å². The zero-order chi connectivity index (χ0) is 24.1. The molecule has 1 fully saturated rings. The van der Waals surface area contributed by atoms with E-state index in [1.165, 1.54) is 18.3 Å². The van der Waals surface area contributed by atoms with E-state index < -0.39 is 5.91 Å². The third-order valence-electron chi connectivity index (χ3n) is 5.12. The molecule has 178 valence electrons. The molecule has 0 unspecified atom stereocenters. The lowest BCUT2D eigenvalue weighted by Gasteiger charge is -2.32. The number of aromatic nitrogens is 4. The number of nitrogens with one attached hydrogen (secondary N) is 2.